The fourth-order valence-corrected chi connectivity index (χ4v) is 1.67. The van der Waals surface area contributed by atoms with E-state index in [-0.39, 0.29) is 18.8 Å². The normalized spacial score (nSPS) is 10.1. The Morgan fingerprint density at radius 1 is 1.50 bits per heavy atom. The van der Waals surface area contributed by atoms with Gasteiger partial charge in [0.15, 0.2) is 0 Å². The standard InChI is InChI=1S/C11H12N2O2.ClH/c1-7-3-4-13-9(6-11(14)15)8(2)12-10(13)5-7;/h3-5H,6H2,1-2H3,(H,14,15);1H. The molecule has 2 aromatic heterocycles. The molecule has 2 rings (SSSR count). The SMILES string of the molecule is Cc1ccn2c(CC(=O)O)c(C)nc2c1.Cl. The summed E-state index contributed by atoms with van der Waals surface area (Å²) >= 11 is 0. The van der Waals surface area contributed by atoms with Crippen molar-refractivity contribution in [1.82, 2.24) is 9.38 Å². The highest BCUT2D eigenvalue weighted by Gasteiger charge is 2.11. The summed E-state index contributed by atoms with van der Waals surface area (Å²) < 4.78 is 1.83. The first-order valence-electron chi connectivity index (χ1n) is 4.74. The molecule has 1 N–H and O–H groups in total. The maximum absolute atomic E-state index is 10.7. The largest absolute Gasteiger partial charge is 0.481 e. The lowest BCUT2D eigenvalue weighted by molar-refractivity contribution is -0.136. The van der Waals surface area contributed by atoms with Crippen molar-refractivity contribution >= 4 is 24.0 Å². The second-order valence-electron chi connectivity index (χ2n) is 3.65. The summed E-state index contributed by atoms with van der Waals surface area (Å²) in [5.74, 6) is -0.833. The number of carboxylic acid groups (broad SMARTS) is 1. The number of carbonyl (C=O) groups is 1. The molecule has 0 amide bonds. The summed E-state index contributed by atoms with van der Waals surface area (Å²) in [5, 5.41) is 8.78. The van der Waals surface area contributed by atoms with Gasteiger partial charge >= 0.3 is 5.97 Å². The zero-order valence-electron chi connectivity index (χ0n) is 9.10. The van der Waals surface area contributed by atoms with Crippen molar-refractivity contribution in [1.29, 1.82) is 0 Å². The third kappa shape index (κ3) is 2.17. The van der Waals surface area contributed by atoms with E-state index >= 15 is 0 Å². The third-order valence-electron chi connectivity index (χ3n) is 2.40. The number of hydrogen-bond acceptors (Lipinski definition) is 2. The van der Waals surface area contributed by atoms with Gasteiger partial charge in [0.25, 0.3) is 0 Å². The van der Waals surface area contributed by atoms with Crippen molar-refractivity contribution in [3.8, 4) is 0 Å². The number of nitrogens with zero attached hydrogens (tertiary/aromatic N) is 2. The van der Waals surface area contributed by atoms with Gasteiger partial charge in [-0.1, -0.05) is 0 Å². The zero-order chi connectivity index (χ0) is 11.0. The summed E-state index contributed by atoms with van der Waals surface area (Å²) in [6, 6.07) is 3.89. The second-order valence-corrected chi connectivity index (χ2v) is 3.65. The second kappa shape index (κ2) is 4.53. The van der Waals surface area contributed by atoms with Crippen LogP contribution in [0.2, 0.25) is 0 Å². The van der Waals surface area contributed by atoms with Gasteiger partial charge in [0.05, 0.1) is 17.8 Å². The van der Waals surface area contributed by atoms with Crippen LogP contribution in [0, 0.1) is 13.8 Å². The quantitative estimate of drug-likeness (QED) is 0.874. The Hall–Kier alpha value is -1.55. The fraction of sp³-hybridized carbons (Fsp3) is 0.273. The van der Waals surface area contributed by atoms with E-state index in [2.05, 4.69) is 4.98 Å². The van der Waals surface area contributed by atoms with Crippen LogP contribution in [0.1, 0.15) is 17.0 Å². The number of carboxylic acids is 1. The molecule has 0 spiro atoms. The summed E-state index contributed by atoms with van der Waals surface area (Å²) in [5.41, 5.74) is 3.46. The molecule has 0 atom stereocenters. The lowest BCUT2D eigenvalue weighted by Crippen LogP contribution is -2.04. The molecule has 2 aromatic rings. The first-order chi connectivity index (χ1) is 7.08. The van der Waals surface area contributed by atoms with E-state index in [4.69, 9.17) is 5.11 Å². The minimum atomic E-state index is -0.833. The molecule has 0 bridgehead atoms. The van der Waals surface area contributed by atoms with E-state index in [0.29, 0.717) is 0 Å². The van der Waals surface area contributed by atoms with Crippen LogP contribution in [0.3, 0.4) is 0 Å². The van der Waals surface area contributed by atoms with Gasteiger partial charge in [0.2, 0.25) is 0 Å². The highest BCUT2D eigenvalue weighted by atomic mass is 35.5. The molecule has 2 heterocycles. The molecule has 0 aliphatic carbocycles. The molecule has 0 aliphatic rings. The molecule has 0 radical (unpaired) electrons. The van der Waals surface area contributed by atoms with E-state index in [1.54, 1.807) is 0 Å². The molecule has 16 heavy (non-hydrogen) atoms. The van der Waals surface area contributed by atoms with Crippen molar-refractivity contribution < 1.29 is 9.90 Å². The van der Waals surface area contributed by atoms with E-state index in [0.717, 1.165) is 22.6 Å². The number of imidazole rings is 1. The van der Waals surface area contributed by atoms with Gasteiger partial charge in [-0.3, -0.25) is 4.79 Å². The van der Waals surface area contributed by atoms with Gasteiger partial charge in [-0.25, -0.2) is 4.98 Å². The van der Waals surface area contributed by atoms with Gasteiger partial charge in [0.1, 0.15) is 5.65 Å². The van der Waals surface area contributed by atoms with Gasteiger partial charge in [-0.05, 0) is 31.5 Å². The zero-order valence-corrected chi connectivity index (χ0v) is 9.91. The van der Waals surface area contributed by atoms with Crippen LogP contribution in [0.15, 0.2) is 18.3 Å². The molecular weight excluding hydrogens is 228 g/mol. The molecule has 0 aromatic carbocycles. The van der Waals surface area contributed by atoms with E-state index < -0.39 is 5.97 Å². The molecule has 5 heteroatoms. The Morgan fingerprint density at radius 3 is 2.81 bits per heavy atom. The number of fused-ring (bicyclic) bond motifs is 1. The first kappa shape index (κ1) is 12.5. The van der Waals surface area contributed by atoms with Crippen molar-refractivity contribution in [3.05, 3.63) is 35.3 Å². The van der Waals surface area contributed by atoms with E-state index in [1.807, 2.05) is 36.6 Å². The Bertz CT molecular complexity index is 534. The molecule has 0 fully saturated rings. The summed E-state index contributed by atoms with van der Waals surface area (Å²) in [7, 11) is 0. The van der Waals surface area contributed by atoms with Crippen molar-refractivity contribution in [3.63, 3.8) is 0 Å². The molecule has 0 aliphatic heterocycles. The number of halogens is 1. The smallest absolute Gasteiger partial charge is 0.309 e. The average Bonchev–Trinajstić information content (AvgIpc) is 2.41. The van der Waals surface area contributed by atoms with Crippen LogP contribution in [-0.4, -0.2) is 20.5 Å². The maximum Gasteiger partial charge on any atom is 0.309 e. The molecular formula is C11H13ClN2O2. The molecule has 0 saturated carbocycles. The summed E-state index contributed by atoms with van der Waals surface area (Å²) in [6.45, 7) is 3.82. The van der Waals surface area contributed by atoms with Gasteiger partial charge in [-0.15, -0.1) is 12.4 Å². The minimum absolute atomic E-state index is 0. The fourth-order valence-electron chi connectivity index (χ4n) is 1.67. The van der Waals surface area contributed by atoms with Gasteiger partial charge < -0.3 is 9.51 Å². The Labute approximate surface area is 99.3 Å². The number of hydrogen-bond donors (Lipinski definition) is 1. The number of rotatable bonds is 2. The predicted molar refractivity (Wildman–Crippen MR) is 63.3 cm³/mol. The first-order valence-corrected chi connectivity index (χ1v) is 4.74. The number of aryl methyl sites for hydroxylation is 2. The van der Waals surface area contributed by atoms with Crippen LogP contribution >= 0.6 is 12.4 Å². The lowest BCUT2D eigenvalue weighted by Gasteiger charge is -2.00. The predicted octanol–water partition coefficient (Wildman–Crippen LogP) is 2.00. The number of pyridine rings is 1. The molecule has 86 valence electrons. The highest BCUT2D eigenvalue weighted by Crippen LogP contribution is 2.13. The molecule has 0 unspecified atom stereocenters. The Kier molecular flexibility index (Phi) is 3.55. The topological polar surface area (TPSA) is 54.6 Å². The lowest BCUT2D eigenvalue weighted by atomic mass is 10.2. The summed E-state index contributed by atoms with van der Waals surface area (Å²) in [4.78, 5) is 15.0. The van der Waals surface area contributed by atoms with Crippen LogP contribution in [-0.2, 0) is 11.2 Å². The van der Waals surface area contributed by atoms with Crippen LogP contribution in [0.5, 0.6) is 0 Å². The highest BCUT2D eigenvalue weighted by molar-refractivity contribution is 5.85. The van der Waals surface area contributed by atoms with E-state index in [1.165, 1.54) is 0 Å². The number of aromatic nitrogens is 2. The number of aliphatic carboxylic acids is 1. The summed E-state index contributed by atoms with van der Waals surface area (Å²) in [6.07, 6.45) is 1.87. The Morgan fingerprint density at radius 2 is 2.19 bits per heavy atom. The average molecular weight is 241 g/mol. The Balaban J connectivity index is 0.00000128. The van der Waals surface area contributed by atoms with E-state index in [9.17, 15) is 4.79 Å². The minimum Gasteiger partial charge on any atom is -0.481 e. The van der Waals surface area contributed by atoms with Crippen molar-refractivity contribution in [2.24, 2.45) is 0 Å². The van der Waals surface area contributed by atoms with Crippen LogP contribution < -0.4 is 0 Å². The maximum atomic E-state index is 10.7. The van der Waals surface area contributed by atoms with Crippen molar-refractivity contribution in [2.75, 3.05) is 0 Å². The molecule has 4 nitrogen and oxygen atoms in total. The monoisotopic (exact) mass is 240 g/mol. The van der Waals surface area contributed by atoms with Crippen LogP contribution in [0.25, 0.3) is 5.65 Å². The van der Waals surface area contributed by atoms with Gasteiger partial charge in [-0.2, -0.15) is 0 Å². The molecule has 0 saturated heterocycles. The third-order valence-corrected chi connectivity index (χ3v) is 2.40. The van der Waals surface area contributed by atoms with Crippen molar-refractivity contribution in [2.45, 2.75) is 20.3 Å². The van der Waals surface area contributed by atoms with Crippen LogP contribution in [0.4, 0.5) is 0 Å². The van der Waals surface area contributed by atoms with Gasteiger partial charge in [0, 0.05) is 6.20 Å².